The van der Waals surface area contributed by atoms with Gasteiger partial charge in [-0.05, 0) is 48.0 Å². The van der Waals surface area contributed by atoms with Crippen LogP contribution in [0.15, 0.2) is 54.6 Å². The van der Waals surface area contributed by atoms with E-state index in [1.807, 2.05) is 0 Å². The molecule has 0 saturated carbocycles. The number of nitrogens with zero attached hydrogens (tertiary/aromatic N) is 2. The molecule has 164 valence electrons. The van der Waals surface area contributed by atoms with Crippen LogP contribution in [-0.2, 0) is 25.7 Å². The van der Waals surface area contributed by atoms with Crippen LogP contribution in [0.4, 0.5) is 5.69 Å². The van der Waals surface area contributed by atoms with Crippen LogP contribution >= 0.6 is 11.6 Å². The second kappa shape index (κ2) is 8.72. The molecule has 2 aromatic carbocycles. The van der Waals surface area contributed by atoms with Gasteiger partial charge in [0.15, 0.2) is 11.5 Å². The molecule has 0 unspecified atom stereocenters. The molecule has 2 aliphatic heterocycles. The number of ether oxygens (including phenoxy) is 2. The van der Waals surface area contributed by atoms with E-state index in [4.69, 9.17) is 21.1 Å². The second-order valence-electron chi connectivity index (χ2n) is 7.07. The van der Waals surface area contributed by atoms with Crippen molar-refractivity contribution in [1.82, 2.24) is 4.90 Å². The third-order valence-corrected chi connectivity index (χ3v) is 5.27. The number of carboxylic acids is 1. The third kappa shape index (κ3) is 4.28. The van der Waals surface area contributed by atoms with Gasteiger partial charge in [-0.3, -0.25) is 14.4 Å². The van der Waals surface area contributed by atoms with Crippen molar-refractivity contribution in [3.8, 4) is 11.5 Å². The molecule has 1 saturated heterocycles. The van der Waals surface area contributed by atoms with E-state index in [-0.39, 0.29) is 19.8 Å². The monoisotopic (exact) mass is 455 g/mol. The Labute approximate surface area is 187 Å². The Morgan fingerprint density at radius 1 is 1.09 bits per heavy atom. The highest BCUT2D eigenvalue weighted by molar-refractivity contribution is 6.31. The van der Waals surface area contributed by atoms with E-state index in [9.17, 15) is 24.3 Å². The van der Waals surface area contributed by atoms with Crippen molar-refractivity contribution in [3.05, 3.63) is 65.2 Å². The first-order valence-electron chi connectivity index (χ1n) is 9.54. The molecule has 9 nitrogen and oxygen atoms in total. The van der Waals surface area contributed by atoms with Crippen molar-refractivity contribution in [1.29, 1.82) is 0 Å². The maximum absolute atomic E-state index is 13.1. The van der Waals surface area contributed by atoms with Crippen molar-refractivity contribution in [3.63, 3.8) is 0 Å². The molecular formula is C22H16ClN2O7-. The first kappa shape index (κ1) is 21.4. The predicted octanol–water partition coefficient (Wildman–Crippen LogP) is 1.04. The van der Waals surface area contributed by atoms with E-state index >= 15 is 0 Å². The van der Waals surface area contributed by atoms with Gasteiger partial charge in [-0.2, -0.15) is 0 Å². The maximum Gasteiger partial charge on any atom is 0.257 e. The van der Waals surface area contributed by atoms with Crippen LogP contribution in [-0.4, -0.2) is 41.4 Å². The first-order chi connectivity index (χ1) is 15.3. The number of fused-ring (bicyclic) bond motifs is 1. The van der Waals surface area contributed by atoms with Gasteiger partial charge < -0.3 is 24.3 Å². The highest BCUT2D eigenvalue weighted by Crippen LogP contribution is 2.34. The van der Waals surface area contributed by atoms with Gasteiger partial charge >= 0.3 is 0 Å². The number of rotatable bonds is 6. The summed E-state index contributed by atoms with van der Waals surface area (Å²) in [4.78, 5) is 51.5. The summed E-state index contributed by atoms with van der Waals surface area (Å²) in [7, 11) is 0. The average molecular weight is 456 g/mol. The van der Waals surface area contributed by atoms with Crippen LogP contribution in [0.3, 0.4) is 0 Å². The number of amides is 3. The van der Waals surface area contributed by atoms with Crippen LogP contribution in [0.5, 0.6) is 11.5 Å². The summed E-state index contributed by atoms with van der Waals surface area (Å²) in [5.74, 6) is -2.38. The fraction of sp³-hybridized carbons (Fsp3) is 0.182. The number of carbonyl (C=O) groups is 4. The predicted molar refractivity (Wildman–Crippen MR) is 110 cm³/mol. The van der Waals surface area contributed by atoms with E-state index in [2.05, 4.69) is 0 Å². The standard InChI is InChI=1S/C22H17ClN2O7/c23-14-2-4-15(5-3-14)25-20(27)10-16(22(25)30)24(19(26)7-8-21(28)29)11-13-1-6-17-18(9-13)32-12-31-17/h1-9,16H,10-12H2,(H,28,29)/p-1/b8-7+/t16-/m0/s1. The summed E-state index contributed by atoms with van der Waals surface area (Å²) in [6, 6.07) is 10.0. The molecule has 3 amide bonds. The lowest BCUT2D eigenvalue weighted by Gasteiger charge is -2.27. The molecule has 2 aliphatic rings. The van der Waals surface area contributed by atoms with Crippen molar-refractivity contribution in [2.75, 3.05) is 11.7 Å². The zero-order valence-electron chi connectivity index (χ0n) is 16.5. The molecule has 32 heavy (non-hydrogen) atoms. The summed E-state index contributed by atoms with van der Waals surface area (Å²) in [5, 5.41) is 11.2. The topological polar surface area (TPSA) is 116 Å². The minimum atomic E-state index is -1.56. The number of carboxylic acid groups (broad SMARTS) is 1. The number of hydrogen-bond donors (Lipinski definition) is 0. The smallest absolute Gasteiger partial charge is 0.257 e. The molecule has 1 fully saturated rings. The van der Waals surface area contributed by atoms with Crippen molar-refractivity contribution in [2.24, 2.45) is 0 Å². The normalized spacial score (nSPS) is 17.3. The molecular weight excluding hydrogens is 440 g/mol. The van der Waals surface area contributed by atoms with Gasteiger partial charge in [-0.25, -0.2) is 4.90 Å². The minimum Gasteiger partial charge on any atom is -0.545 e. The van der Waals surface area contributed by atoms with E-state index in [1.54, 1.807) is 30.3 Å². The quantitative estimate of drug-likeness (QED) is 0.472. The van der Waals surface area contributed by atoms with E-state index in [1.165, 1.54) is 12.1 Å². The Morgan fingerprint density at radius 3 is 2.53 bits per heavy atom. The Hall–Kier alpha value is -3.85. The summed E-state index contributed by atoms with van der Waals surface area (Å²) in [5.41, 5.74) is 0.933. The molecule has 0 N–H and O–H groups in total. The minimum absolute atomic E-state index is 0.0645. The van der Waals surface area contributed by atoms with Gasteiger partial charge in [0.05, 0.1) is 18.1 Å². The zero-order valence-corrected chi connectivity index (χ0v) is 17.3. The molecule has 2 heterocycles. The highest BCUT2D eigenvalue weighted by atomic mass is 35.5. The fourth-order valence-electron chi connectivity index (χ4n) is 3.53. The summed E-state index contributed by atoms with van der Waals surface area (Å²) in [6.07, 6.45) is 1.12. The maximum atomic E-state index is 13.1. The first-order valence-corrected chi connectivity index (χ1v) is 9.92. The number of aliphatic carboxylic acids is 1. The molecule has 1 atom stereocenters. The Balaban J connectivity index is 1.64. The lowest BCUT2D eigenvalue weighted by Crippen LogP contribution is -2.44. The molecule has 0 bridgehead atoms. The summed E-state index contributed by atoms with van der Waals surface area (Å²) in [6.45, 7) is 0.00640. The number of halogens is 1. The lowest BCUT2D eigenvalue weighted by atomic mass is 10.1. The molecule has 10 heteroatoms. The molecule has 0 radical (unpaired) electrons. The van der Waals surface area contributed by atoms with E-state index < -0.39 is 29.7 Å². The lowest BCUT2D eigenvalue weighted by molar-refractivity contribution is -0.297. The fourth-order valence-corrected chi connectivity index (χ4v) is 3.66. The largest absolute Gasteiger partial charge is 0.545 e. The van der Waals surface area contributed by atoms with E-state index in [0.717, 1.165) is 15.9 Å². The highest BCUT2D eigenvalue weighted by Gasteiger charge is 2.44. The van der Waals surface area contributed by atoms with Gasteiger partial charge in [0.25, 0.3) is 5.91 Å². The second-order valence-corrected chi connectivity index (χ2v) is 7.51. The van der Waals surface area contributed by atoms with Crippen LogP contribution in [0.2, 0.25) is 5.02 Å². The summed E-state index contributed by atoms with van der Waals surface area (Å²) < 4.78 is 10.6. The molecule has 4 rings (SSSR count). The average Bonchev–Trinajstić information content (AvgIpc) is 3.34. The molecule has 0 aliphatic carbocycles. The molecule has 0 spiro atoms. The van der Waals surface area contributed by atoms with Crippen LogP contribution in [0.1, 0.15) is 12.0 Å². The van der Waals surface area contributed by atoms with Crippen molar-refractivity contribution in [2.45, 2.75) is 19.0 Å². The van der Waals surface area contributed by atoms with Gasteiger partial charge in [0.2, 0.25) is 18.6 Å². The SMILES string of the molecule is O=C([O-])/C=C/C(=O)N(Cc1ccc2c(c1)OCO2)[C@H]1CC(=O)N(c2ccc(Cl)cc2)C1=O. The van der Waals surface area contributed by atoms with Crippen molar-refractivity contribution < 1.29 is 33.8 Å². The van der Waals surface area contributed by atoms with Gasteiger partial charge in [0.1, 0.15) is 6.04 Å². The number of anilines is 1. The van der Waals surface area contributed by atoms with Crippen LogP contribution < -0.4 is 19.5 Å². The van der Waals surface area contributed by atoms with E-state index in [0.29, 0.717) is 33.8 Å². The number of benzene rings is 2. The van der Waals surface area contributed by atoms with Gasteiger partial charge in [0, 0.05) is 17.6 Å². The molecule has 2 aromatic rings. The number of carbonyl (C=O) groups excluding carboxylic acids is 4. The summed E-state index contributed by atoms with van der Waals surface area (Å²) >= 11 is 5.88. The Kier molecular flexibility index (Phi) is 5.83. The molecule has 0 aromatic heterocycles. The Morgan fingerprint density at radius 2 is 1.81 bits per heavy atom. The Bertz CT molecular complexity index is 1130. The van der Waals surface area contributed by atoms with Crippen molar-refractivity contribution >= 4 is 41.0 Å². The third-order valence-electron chi connectivity index (χ3n) is 5.02. The van der Waals surface area contributed by atoms with Crippen LogP contribution in [0.25, 0.3) is 0 Å². The number of imide groups is 1. The van der Waals surface area contributed by atoms with Crippen LogP contribution in [0, 0.1) is 0 Å². The number of hydrogen-bond acceptors (Lipinski definition) is 7. The zero-order chi connectivity index (χ0) is 22.8. The van der Waals surface area contributed by atoms with Gasteiger partial charge in [-0.15, -0.1) is 0 Å². The van der Waals surface area contributed by atoms with Gasteiger partial charge in [-0.1, -0.05) is 17.7 Å².